The maximum Gasteiger partial charge on any atom is 0.124 e. The van der Waals surface area contributed by atoms with Gasteiger partial charge in [0.25, 0.3) is 0 Å². The van der Waals surface area contributed by atoms with Crippen LogP contribution in [0.4, 0.5) is 17.1 Å². The number of aromatic nitrogens is 1. The molecule has 2 nitrogen and oxygen atoms in total. The van der Waals surface area contributed by atoms with Gasteiger partial charge in [0, 0.05) is 38.9 Å². The highest BCUT2D eigenvalue weighted by Crippen LogP contribution is 2.59. The van der Waals surface area contributed by atoms with Crippen LogP contribution in [-0.4, -0.2) is 4.98 Å². The Morgan fingerprint density at radius 1 is 0.303 bits per heavy atom. The normalized spacial score (nSPS) is 14.3. The van der Waals surface area contributed by atoms with Gasteiger partial charge in [-0.05, 0) is 206 Å². The molecule has 0 bridgehead atoms. The van der Waals surface area contributed by atoms with Gasteiger partial charge in [-0.1, -0.05) is 260 Å². The van der Waals surface area contributed by atoms with Crippen molar-refractivity contribution >= 4 is 38.6 Å². The molecule has 0 N–H and O–H groups in total. The molecule has 0 saturated carbocycles. The molecule has 1 heterocycles. The first kappa shape index (κ1) is 60.6. The maximum absolute atomic E-state index is 5.14. The van der Waals surface area contributed by atoms with Crippen molar-refractivity contribution in [3.8, 4) is 66.2 Å². The van der Waals surface area contributed by atoms with Crippen LogP contribution in [0.5, 0.6) is 0 Å². The number of thiazole rings is 1. The highest BCUT2D eigenvalue weighted by molar-refractivity contribution is 7.21. The highest BCUT2D eigenvalue weighted by atomic mass is 32.1. The Kier molecular flexibility index (Phi) is 18.1. The summed E-state index contributed by atoms with van der Waals surface area (Å²) in [6, 6.07) is 75.5. The van der Waals surface area contributed by atoms with Gasteiger partial charge in [0.15, 0.2) is 0 Å². The van der Waals surface area contributed by atoms with E-state index < -0.39 is 0 Å². The minimum Gasteiger partial charge on any atom is -0.310 e. The Hall–Kier alpha value is -7.33. The smallest absolute Gasteiger partial charge is 0.124 e. The molecule has 0 spiro atoms. The van der Waals surface area contributed by atoms with Gasteiger partial charge in [-0.2, -0.15) is 0 Å². The zero-order valence-corrected chi connectivity index (χ0v) is 55.2. The van der Waals surface area contributed by atoms with Gasteiger partial charge in [0.2, 0.25) is 0 Å². The van der Waals surface area contributed by atoms with Crippen molar-refractivity contribution in [3.63, 3.8) is 0 Å². The third-order valence-corrected chi connectivity index (χ3v) is 23.0. The van der Waals surface area contributed by atoms with Crippen LogP contribution in [0.15, 0.2) is 194 Å². The SMILES string of the molecule is CCCCCCCCCCC1(CCCCCCCCCC)c2cc(-c3ccc4c(c3)C(CC)(CC)c3cc(-c5nc6ccccc6s5)ccc3-4)ccc2-c2ccc(-c3ccc4c(c3)C(CC)(CC)c3cc(N(c5ccccc5)c5ccccc5)ccc3-4)cc21. The van der Waals surface area contributed by atoms with Crippen LogP contribution in [0.3, 0.4) is 0 Å². The van der Waals surface area contributed by atoms with E-state index in [1.807, 2.05) is 11.3 Å². The standard InChI is InChI=1S/C86H94N2S/c1-7-13-15-17-19-21-23-33-53-86(54-34-24-22-20-18-16-14-8-2)78-57-63(61-41-47-69-71-51-45-65(83-87-81-39-31-32-40-82(81)89-83)59-77(71)84(9-3,10-4)75(69)55-61)43-49-72(78)73-50-44-64(58-79(73)86)62-42-48-70-74-52-46-68(60-80(74)85(11-5,12-6)76(70)56-62)88(66-35-27-25-28-36-66)67-37-29-26-30-38-67/h25-32,35-52,55-60H,7-24,33-34,53-54H2,1-6H3. The molecule has 10 aromatic rings. The molecule has 3 aliphatic rings. The number of nitrogens with zero attached hydrogens (tertiary/aromatic N) is 2. The molecule has 0 unspecified atom stereocenters. The van der Waals surface area contributed by atoms with Crippen molar-refractivity contribution < 1.29 is 0 Å². The number of rotatable bonds is 28. The van der Waals surface area contributed by atoms with Gasteiger partial charge >= 0.3 is 0 Å². The summed E-state index contributed by atoms with van der Waals surface area (Å²) in [6.45, 7) is 14.4. The second-order valence-corrected chi connectivity index (χ2v) is 27.7. The molecule has 0 fully saturated rings. The molecule has 1 aromatic heterocycles. The number of benzene rings is 9. The van der Waals surface area contributed by atoms with E-state index >= 15 is 0 Å². The van der Waals surface area contributed by atoms with Crippen molar-refractivity contribution in [2.45, 2.75) is 199 Å². The first-order chi connectivity index (χ1) is 43.8. The molecule has 0 amide bonds. The lowest BCUT2D eigenvalue weighted by Crippen LogP contribution is -2.26. The zero-order valence-electron chi connectivity index (χ0n) is 54.3. The zero-order chi connectivity index (χ0) is 61.0. The van der Waals surface area contributed by atoms with Gasteiger partial charge in [-0.3, -0.25) is 0 Å². The van der Waals surface area contributed by atoms with Gasteiger partial charge in [-0.15, -0.1) is 11.3 Å². The van der Waals surface area contributed by atoms with E-state index in [1.165, 1.54) is 221 Å². The number of para-hydroxylation sites is 3. The molecular weight excluding hydrogens is 1090 g/mol. The maximum atomic E-state index is 5.14. The third kappa shape index (κ3) is 11.1. The number of fused-ring (bicyclic) bond motifs is 10. The molecule has 89 heavy (non-hydrogen) atoms. The van der Waals surface area contributed by atoms with Gasteiger partial charge in [0.1, 0.15) is 5.01 Å². The predicted octanol–water partition coefficient (Wildman–Crippen LogP) is 26.3. The lowest BCUT2D eigenvalue weighted by Gasteiger charge is -2.34. The molecule has 3 aliphatic carbocycles. The van der Waals surface area contributed by atoms with E-state index in [2.05, 4.69) is 241 Å². The van der Waals surface area contributed by atoms with E-state index in [1.54, 1.807) is 11.1 Å². The van der Waals surface area contributed by atoms with Crippen LogP contribution < -0.4 is 4.90 Å². The van der Waals surface area contributed by atoms with Gasteiger partial charge in [0.05, 0.1) is 10.2 Å². The number of anilines is 3. The van der Waals surface area contributed by atoms with E-state index in [9.17, 15) is 0 Å². The molecule has 0 aliphatic heterocycles. The summed E-state index contributed by atoms with van der Waals surface area (Å²) in [4.78, 5) is 7.57. The monoisotopic (exact) mass is 1190 g/mol. The molecule has 3 heteroatoms. The van der Waals surface area contributed by atoms with E-state index in [0.717, 1.165) is 36.2 Å². The summed E-state index contributed by atoms with van der Waals surface area (Å²) in [7, 11) is 0. The minimum absolute atomic E-state index is 0.0727. The number of hydrogen-bond donors (Lipinski definition) is 0. The summed E-state index contributed by atoms with van der Waals surface area (Å²) in [6.07, 6.45) is 27.9. The molecule has 0 atom stereocenters. The summed E-state index contributed by atoms with van der Waals surface area (Å²) >= 11 is 1.81. The van der Waals surface area contributed by atoms with Crippen molar-refractivity contribution in [3.05, 3.63) is 228 Å². The van der Waals surface area contributed by atoms with Crippen molar-refractivity contribution in [2.75, 3.05) is 4.90 Å². The molecule has 0 saturated heterocycles. The molecule has 13 rings (SSSR count). The molecular formula is C86H94N2S. The van der Waals surface area contributed by atoms with Crippen LogP contribution in [0.1, 0.15) is 216 Å². The summed E-state index contributed by atoms with van der Waals surface area (Å²) < 4.78 is 1.25. The number of unbranched alkanes of at least 4 members (excludes halogenated alkanes) is 14. The summed E-state index contributed by atoms with van der Waals surface area (Å²) in [5.41, 5.74) is 28.5. The fourth-order valence-corrected chi connectivity index (χ4v) is 17.8. The highest BCUT2D eigenvalue weighted by Gasteiger charge is 2.45. The Morgan fingerprint density at radius 3 is 1.04 bits per heavy atom. The molecule has 9 aromatic carbocycles. The first-order valence-corrected chi connectivity index (χ1v) is 35.8. The van der Waals surface area contributed by atoms with Crippen molar-refractivity contribution in [1.29, 1.82) is 0 Å². The van der Waals surface area contributed by atoms with Crippen LogP contribution >= 0.6 is 11.3 Å². The predicted molar refractivity (Wildman–Crippen MR) is 385 cm³/mol. The largest absolute Gasteiger partial charge is 0.310 e. The second kappa shape index (κ2) is 26.6. The molecule has 0 radical (unpaired) electrons. The lowest BCUT2D eigenvalue weighted by atomic mass is 9.69. The Labute approximate surface area is 537 Å². The van der Waals surface area contributed by atoms with Crippen molar-refractivity contribution in [1.82, 2.24) is 4.98 Å². The Bertz CT molecular complexity index is 3990. The lowest BCUT2D eigenvalue weighted by molar-refractivity contribution is 0.397. The summed E-state index contributed by atoms with van der Waals surface area (Å²) in [5.74, 6) is 0. The Balaban J connectivity index is 0.884. The van der Waals surface area contributed by atoms with Gasteiger partial charge in [-0.25, -0.2) is 4.98 Å². The van der Waals surface area contributed by atoms with E-state index in [4.69, 9.17) is 4.98 Å². The quantitative estimate of drug-likeness (QED) is 0.0455. The molecule has 454 valence electrons. The average molecular weight is 1190 g/mol. The van der Waals surface area contributed by atoms with Crippen LogP contribution in [0.2, 0.25) is 0 Å². The third-order valence-electron chi connectivity index (χ3n) is 21.9. The minimum atomic E-state index is -0.107. The van der Waals surface area contributed by atoms with Gasteiger partial charge < -0.3 is 4.90 Å². The average Bonchev–Trinajstić information content (AvgIpc) is 1.59. The van der Waals surface area contributed by atoms with Crippen LogP contribution in [0, 0.1) is 0 Å². The first-order valence-electron chi connectivity index (χ1n) is 35.0. The van der Waals surface area contributed by atoms with Crippen molar-refractivity contribution in [2.24, 2.45) is 0 Å². The van der Waals surface area contributed by atoms with Crippen LogP contribution in [0.25, 0.3) is 76.4 Å². The second-order valence-electron chi connectivity index (χ2n) is 26.6. The van der Waals surface area contributed by atoms with E-state index in [-0.39, 0.29) is 16.2 Å². The fourth-order valence-electron chi connectivity index (χ4n) is 16.9. The summed E-state index contributed by atoms with van der Waals surface area (Å²) in [5, 5.41) is 1.11. The Morgan fingerprint density at radius 2 is 0.640 bits per heavy atom. The topological polar surface area (TPSA) is 16.1 Å². The number of hydrogen-bond acceptors (Lipinski definition) is 3. The fraction of sp³-hybridized carbons (Fsp3) is 0.360. The van der Waals surface area contributed by atoms with Crippen LogP contribution in [-0.2, 0) is 16.2 Å². The van der Waals surface area contributed by atoms with E-state index in [0.29, 0.717) is 0 Å².